The molecule has 0 fully saturated rings. The average Bonchev–Trinajstić information content (AvgIpc) is 3.34. The number of rotatable bonds is 6. The van der Waals surface area contributed by atoms with E-state index in [1.165, 1.54) is 11.3 Å². The summed E-state index contributed by atoms with van der Waals surface area (Å²) in [7, 11) is 0. The van der Waals surface area contributed by atoms with Crippen LogP contribution >= 0.6 is 11.3 Å². The smallest absolute Gasteiger partial charge is 0.348 e. The summed E-state index contributed by atoms with van der Waals surface area (Å²) in [5, 5.41) is 5.49. The molecule has 0 unspecified atom stereocenters. The normalized spacial score (nSPS) is 11.1. The van der Waals surface area contributed by atoms with Crippen LogP contribution in [0.1, 0.15) is 29.2 Å². The summed E-state index contributed by atoms with van der Waals surface area (Å²) in [6, 6.07) is 20.9. The molecule has 0 aliphatic rings. The van der Waals surface area contributed by atoms with Gasteiger partial charge in [0.15, 0.2) is 6.61 Å². The van der Waals surface area contributed by atoms with Crippen molar-refractivity contribution < 1.29 is 14.3 Å². The molecule has 0 bridgehead atoms. The van der Waals surface area contributed by atoms with Crippen LogP contribution < -0.4 is 4.90 Å². The van der Waals surface area contributed by atoms with Crippen LogP contribution in [-0.2, 0) is 9.53 Å². The zero-order chi connectivity index (χ0) is 22.0. The molecular formula is C24H23N3O3S. The molecule has 4 rings (SSSR count). The van der Waals surface area contributed by atoms with E-state index in [1.807, 2.05) is 86.1 Å². The fourth-order valence-corrected chi connectivity index (χ4v) is 4.56. The minimum Gasteiger partial charge on any atom is -0.451 e. The number of carbonyl (C=O) groups excluding carboxylic acids is 2. The van der Waals surface area contributed by atoms with Crippen molar-refractivity contribution in [2.24, 2.45) is 0 Å². The number of hydrogen-bond donors (Lipinski definition) is 0. The third-order valence-electron chi connectivity index (χ3n) is 4.89. The average molecular weight is 434 g/mol. The number of esters is 1. The maximum Gasteiger partial charge on any atom is 0.348 e. The number of carbonyl (C=O) groups is 2. The number of fused-ring (bicyclic) bond motifs is 1. The van der Waals surface area contributed by atoms with E-state index in [1.54, 1.807) is 11.0 Å². The van der Waals surface area contributed by atoms with Gasteiger partial charge in [-0.05, 0) is 51.1 Å². The summed E-state index contributed by atoms with van der Waals surface area (Å²) in [6.45, 7) is 5.45. The molecule has 2 aromatic carbocycles. The van der Waals surface area contributed by atoms with Gasteiger partial charge < -0.3 is 9.64 Å². The molecule has 1 amide bonds. The summed E-state index contributed by atoms with van der Waals surface area (Å²) in [4.78, 5) is 28.4. The molecule has 0 N–H and O–H groups in total. The lowest BCUT2D eigenvalue weighted by Crippen LogP contribution is -2.39. The molecule has 0 saturated heterocycles. The summed E-state index contributed by atoms with van der Waals surface area (Å²) in [5.74, 6) is -0.771. The summed E-state index contributed by atoms with van der Waals surface area (Å²) < 4.78 is 7.20. The van der Waals surface area contributed by atoms with Gasteiger partial charge in [0.25, 0.3) is 5.91 Å². The second kappa shape index (κ2) is 8.73. The zero-order valence-corrected chi connectivity index (χ0v) is 18.4. The number of ether oxygens (including phenoxy) is 1. The lowest BCUT2D eigenvalue weighted by molar-refractivity contribution is -0.122. The number of aryl methyl sites for hydroxylation is 1. The number of para-hydroxylation sites is 2. The van der Waals surface area contributed by atoms with Crippen LogP contribution in [-0.4, -0.2) is 34.3 Å². The monoisotopic (exact) mass is 433 g/mol. The predicted molar refractivity (Wildman–Crippen MR) is 123 cm³/mol. The molecule has 2 aromatic heterocycles. The van der Waals surface area contributed by atoms with Gasteiger partial charge in [0.05, 0.1) is 11.4 Å². The Kier molecular flexibility index (Phi) is 5.86. The van der Waals surface area contributed by atoms with Crippen molar-refractivity contribution in [3.63, 3.8) is 0 Å². The number of hydrogen-bond acceptors (Lipinski definition) is 5. The molecule has 0 radical (unpaired) electrons. The molecule has 158 valence electrons. The minimum absolute atomic E-state index is 0.0579. The quantitative estimate of drug-likeness (QED) is 0.402. The lowest BCUT2D eigenvalue weighted by atomic mass is 10.2. The van der Waals surface area contributed by atoms with Gasteiger partial charge in [-0.1, -0.05) is 36.4 Å². The Bertz CT molecular complexity index is 1210. The Labute approximate surface area is 184 Å². The summed E-state index contributed by atoms with van der Waals surface area (Å²) >= 11 is 1.31. The minimum atomic E-state index is -0.509. The Morgan fingerprint density at radius 1 is 1.06 bits per heavy atom. The number of nitrogens with zero attached hydrogens (tertiary/aromatic N) is 3. The van der Waals surface area contributed by atoms with E-state index in [-0.39, 0.29) is 18.6 Å². The van der Waals surface area contributed by atoms with Crippen molar-refractivity contribution in [1.82, 2.24) is 9.78 Å². The van der Waals surface area contributed by atoms with Crippen molar-refractivity contribution >= 4 is 39.1 Å². The molecule has 0 aliphatic carbocycles. The number of benzene rings is 2. The maximum absolute atomic E-state index is 12.8. The van der Waals surface area contributed by atoms with Gasteiger partial charge in [-0.25, -0.2) is 9.48 Å². The van der Waals surface area contributed by atoms with E-state index < -0.39 is 5.97 Å². The predicted octanol–water partition coefficient (Wildman–Crippen LogP) is 4.99. The van der Waals surface area contributed by atoms with Gasteiger partial charge in [0.1, 0.15) is 9.71 Å². The van der Waals surface area contributed by atoms with Crippen molar-refractivity contribution in [2.45, 2.75) is 26.8 Å². The third-order valence-corrected chi connectivity index (χ3v) is 5.98. The van der Waals surface area contributed by atoms with Gasteiger partial charge in [0.2, 0.25) is 0 Å². The standard InChI is InChI=1S/C24H23N3O3S/c1-16(2)26(18-10-6-4-7-11-18)22(28)15-30-24(29)21-14-20-17(3)25-27(23(20)31-21)19-12-8-5-9-13-19/h4-14,16H,15H2,1-3H3. The molecule has 0 atom stereocenters. The van der Waals surface area contributed by atoms with Crippen molar-refractivity contribution in [3.05, 3.63) is 77.3 Å². The molecular weight excluding hydrogens is 410 g/mol. The number of aromatic nitrogens is 2. The lowest BCUT2D eigenvalue weighted by Gasteiger charge is -2.26. The van der Waals surface area contributed by atoms with Crippen molar-refractivity contribution in [2.75, 3.05) is 11.5 Å². The molecule has 31 heavy (non-hydrogen) atoms. The van der Waals surface area contributed by atoms with E-state index in [2.05, 4.69) is 5.10 Å². The topological polar surface area (TPSA) is 64.4 Å². The van der Waals surface area contributed by atoms with Crippen LogP contribution in [0.2, 0.25) is 0 Å². The molecule has 6 nitrogen and oxygen atoms in total. The first-order valence-corrected chi connectivity index (χ1v) is 10.9. The van der Waals surface area contributed by atoms with E-state index >= 15 is 0 Å². The molecule has 4 aromatic rings. The van der Waals surface area contributed by atoms with Gasteiger partial charge in [-0.3, -0.25) is 4.79 Å². The van der Waals surface area contributed by atoms with Gasteiger partial charge in [-0.15, -0.1) is 11.3 Å². The van der Waals surface area contributed by atoms with Crippen molar-refractivity contribution in [1.29, 1.82) is 0 Å². The Morgan fingerprint density at radius 2 is 1.71 bits per heavy atom. The fourth-order valence-electron chi connectivity index (χ4n) is 3.48. The SMILES string of the molecule is Cc1nn(-c2ccccc2)c2sc(C(=O)OCC(=O)N(c3ccccc3)C(C)C)cc12. The Hall–Kier alpha value is -3.45. The van der Waals surface area contributed by atoms with Gasteiger partial charge in [-0.2, -0.15) is 5.10 Å². The first kappa shape index (κ1) is 20.8. The summed E-state index contributed by atoms with van der Waals surface area (Å²) in [5.41, 5.74) is 2.53. The summed E-state index contributed by atoms with van der Waals surface area (Å²) in [6.07, 6.45) is 0. The number of amides is 1. The second-order valence-corrected chi connectivity index (χ2v) is 8.46. The highest BCUT2D eigenvalue weighted by Gasteiger charge is 2.22. The molecule has 0 aliphatic heterocycles. The first-order chi connectivity index (χ1) is 15.0. The zero-order valence-electron chi connectivity index (χ0n) is 17.6. The number of anilines is 1. The van der Waals surface area contributed by atoms with Crippen molar-refractivity contribution in [3.8, 4) is 5.69 Å². The third kappa shape index (κ3) is 4.22. The fraction of sp³-hybridized carbons (Fsp3) is 0.208. The van der Waals surface area contributed by atoms with Crippen LogP contribution in [0, 0.1) is 6.92 Å². The Morgan fingerprint density at radius 3 is 2.35 bits per heavy atom. The van der Waals surface area contributed by atoms with Crippen LogP contribution in [0.15, 0.2) is 66.7 Å². The molecule has 7 heteroatoms. The van der Waals surface area contributed by atoms with Crippen LogP contribution in [0.25, 0.3) is 15.9 Å². The van der Waals surface area contributed by atoms with E-state index in [9.17, 15) is 9.59 Å². The van der Waals surface area contributed by atoms with E-state index in [0.717, 1.165) is 27.3 Å². The largest absolute Gasteiger partial charge is 0.451 e. The maximum atomic E-state index is 12.8. The van der Waals surface area contributed by atoms with Crippen LogP contribution in [0.3, 0.4) is 0 Å². The van der Waals surface area contributed by atoms with Gasteiger partial charge >= 0.3 is 5.97 Å². The molecule has 2 heterocycles. The molecule has 0 saturated carbocycles. The first-order valence-electron chi connectivity index (χ1n) is 10.0. The highest BCUT2D eigenvalue weighted by atomic mass is 32.1. The number of thiophene rings is 1. The molecule has 0 spiro atoms. The van der Waals surface area contributed by atoms with Crippen LogP contribution in [0.5, 0.6) is 0 Å². The second-order valence-electron chi connectivity index (χ2n) is 7.43. The Balaban J connectivity index is 1.52. The highest BCUT2D eigenvalue weighted by molar-refractivity contribution is 7.20. The van der Waals surface area contributed by atoms with E-state index in [0.29, 0.717) is 4.88 Å². The van der Waals surface area contributed by atoms with E-state index in [4.69, 9.17) is 4.74 Å². The highest BCUT2D eigenvalue weighted by Crippen LogP contribution is 2.30. The van der Waals surface area contributed by atoms with Crippen LogP contribution in [0.4, 0.5) is 5.69 Å². The van der Waals surface area contributed by atoms with Gasteiger partial charge in [0, 0.05) is 17.1 Å².